The van der Waals surface area contributed by atoms with E-state index in [0.717, 1.165) is 56.8 Å². The van der Waals surface area contributed by atoms with Crippen molar-refractivity contribution in [2.24, 2.45) is 0 Å². The Morgan fingerprint density at radius 2 is 0.886 bits per heavy atom. The first-order valence-electron chi connectivity index (χ1n) is 15.1. The lowest BCUT2D eigenvalue weighted by molar-refractivity contribution is 0.104. The maximum absolute atomic E-state index is 13.1. The number of aryl methyl sites for hydroxylation is 2. The van der Waals surface area contributed by atoms with Crippen molar-refractivity contribution in [1.29, 1.82) is 0 Å². The molecule has 0 spiro atoms. The minimum absolute atomic E-state index is 0.0335. The molecule has 0 atom stereocenters. The third-order valence-corrected chi connectivity index (χ3v) is 8.54. The van der Waals surface area contributed by atoms with Gasteiger partial charge in [-0.3, -0.25) is 9.59 Å². The lowest BCUT2D eigenvalue weighted by Gasteiger charge is -2.03. The summed E-state index contributed by atoms with van der Waals surface area (Å²) in [5.74, 6) is -0.0670. The molecule has 2 heterocycles. The fraction of sp³-hybridized carbons (Fsp3) is 0.100. The van der Waals surface area contributed by atoms with Gasteiger partial charge in [-0.25, -0.2) is 0 Å². The Labute approximate surface area is 256 Å². The average molecular weight is 573 g/mol. The molecule has 0 unspecified atom stereocenters. The number of carbonyl (C=O) groups excluding carboxylic acids is 2. The molecule has 0 saturated carbocycles. The predicted octanol–water partition coefficient (Wildman–Crippen LogP) is 9.73. The van der Waals surface area contributed by atoms with Crippen molar-refractivity contribution in [3.05, 3.63) is 144 Å². The van der Waals surface area contributed by atoms with Crippen molar-refractivity contribution >= 4 is 67.3 Å². The monoisotopic (exact) mass is 572 g/mol. The zero-order valence-corrected chi connectivity index (χ0v) is 24.8. The van der Waals surface area contributed by atoms with Crippen LogP contribution in [0.15, 0.2) is 121 Å². The minimum atomic E-state index is -0.0335. The van der Waals surface area contributed by atoms with Crippen LogP contribution >= 0.6 is 0 Å². The van der Waals surface area contributed by atoms with Gasteiger partial charge in [0.25, 0.3) is 0 Å². The van der Waals surface area contributed by atoms with Gasteiger partial charge < -0.3 is 9.13 Å². The van der Waals surface area contributed by atoms with E-state index < -0.39 is 0 Å². The smallest absolute Gasteiger partial charge is 0.185 e. The zero-order chi connectivity index (χ0) is 30.2. The maximum Gasteiger partial charge on any atom is 0.185 e. The topological polar surface area (TPSA) is 44.0 Å². The number of carbonyl (C=O) groups is 2. The molecule has 7 rings (SSSR count). The van der Waals surface area contributed by atoms with E-state index in [-0.39, 0.29) is 11.6 Å². The van der Waals surface area contributed by atoms with E-state index in [9.17, 15) is 9.59 Å². The van der Waals surface area contributed by atoms with E-state index in [0.29, 0.717) is 11.1 Å². The van der Waals surface area contributed by atoms with Crippen LogP contribution in [-0.2, 0) is 13.1 Å². The molecule has 2 aromatic heterocycles. The highest BCUT2D eigenvalue weighted by atomic mass is 16.1. The number of nitrogens with zero attached hydrogens (tertiary/aromatic N) is 2. The van der Waals surface area contributed by atoms with Gasteiger partial charge in [-0.2, -0.15) is 0 Å². The lowest BCUT2D eigenvalue weighted by atomic mass is 10.0. The molecule has 0 amide bonds. The summed E-state index contributed by atoms with van der Waals surface area (Å²) in [5.41, 5.74) is 7.82. The summed E-state index contributed by atoms with van der Waals surface area (Å²) in [7, 11) is 0. The molecule has 0 aliphatic rings. The molecule has 0 N–H and O–H groups in total. The third kappa shape index (κ3) is 4.75. The Morgan fingerprint density at radius 3 is 1.30 bits per heavy atom. The minimum Gasteiger partial charge on any atom is -0.341 e. The Bertz CT molecular complexity index is 2110. The predicted molar refractivity (Wildman–Crippen MR) is 183 cm³/mol. The second-order valence-corrected chi connectivity index (χ2v) is 11.0. The van der Waals surface area contributed by atoms with E-state index in [2.05, 4.69) is 59.4 Å². The summed E-state index contributed by atoms with van der Waals surface area (Å²) in [6.45, 7) is 6.02. The SMILES string of the molecule is CCn1c2ccccc2c2cc(C(=O)C=Cc3ccc(C=CC(=O)c4ccc5c(c4)c4ccccc4n5CC)cc3)ccc21. The second kappa shape index (κ2) is 11.3. The fourth-order valence-electron chi connectivity index (χ4n) is 6.35. The number of para-hydroxylation sites is 2. The van der Waals surface area contributed by atoms with Gasteiger partial charge in [0.2, 0.25) is 0 Å². The quantitative estimate of drug-likeness (QED) is 0.134. The standard InChI is InChI=1S/C40H32N2O2/c1-3-41-35-11-7-5-9-31(35)33-25-29(19-21-37(33)41)39(43)23-17-27-13-15-28(16-14-27)18-24-40(44)30-20-22-38-34(26-30)32-10-6-8-12-36(32)42(38)4-2/h5-26H,3-4H2,1-2H3. The van der Waals surface area contributed by atoms with Crippen LogP contribution in [0.25, 0.3) is 55.8 Å². The van der Waals surface area contributed by atoms with Crippen LogP contribution in [0.2, 0.25) is 0 Å². The Morgan fingerprint density at radius 1 is 0.500 bits per heavy atom. The van der Waals surface area contributed by atoms with Gasteiger partial charge in [0.1, 0.15) is 0 Å². The first-order chi connectivity index (χ1) is 21.6. The number of benzene rings is 5. The van der Waals surface area contributed by atoms with Gasteiger partial charge in [-0.1, -0.05) is 72.8 Å². The highest BCUT2D eigenvalue weighted by Gasteiger charge is 2.13. The summed E-state index contributed by atoms with van der Waals surface area (Å²) in [6, 6.07) is 36.4. The van der Waals surface area contributed by atoms with E-state index in [1.165, 1.54) is 11.0 Å². The number of ketones is 2. The number of fused-ring (bicyclic) bond motifs is 6. The van der Waals surface area contributed by atoms with Crippen LogP contribution in [-0.4, -0.2) is 20.7 Å². The second-order valence-electron chi connectivity index (χ2n) is 11.0. The molecule has 0 aliphatic carbocycles. The highest BCUT2D eigenvalue weighted by molar-refractivity contribution is 6.15. The van der Waals surface area contributed by atoms with E-state index in [4.69, 9.17) is 0 Å². The maximum atomic E-state index is 13.1. The van der Waals surface area contributed by atoms with Crippen molar-refractivity contribution in [3.63, 3.8) is 0 Å². The fourth-order valence-corrected chi connectivity index (χ4v) is 6.35. The Hall–Kier alpha value is -5.48. The number of allylic oxidation sites excluding steroid dienone is 2. The molecule has 5 aromatic carbocycles. The van der Waals surface area contributed by atoms with Crippen LogP contribution in [0.4, 0.5) is 0 Å². The van der Waals surface area contributed by atoms with Crippen LogP contribution in [0, 0.1) is 0 Å². The molecule has 0 aliphatic heterocycles. The molecule has 4 nitrogen and oxygen atoms in total. The summed E-state index contributed by atoms with van der Waals surface area (Å²) in [4.78, 5) is 26.2. The summed E-state index contributed by atoms with van der Waals surface area (Å²) < 4.78 is 4.56. The van der Waals surface area contributed by atoms with E-state index in [1.54, 1.807) is 12.2 Å². The molecule has 4 heteroatoms. The van der Waals surface area contributed by atoms with Gasteiger partial charge in [0.05, 0.1) is 0 Å². The molecule has 0 saturated heterocycles. The van der Waals surface area contributed by atoms with Crippen molar-refractivity contribution in [1.82, 2.24) is 9.13 Å². The Balaban J connectivity index is 1.06. The normalized spacial score (nSPS) is 12.0. The number of hydrogen-bond acceptors (Lipinski definition) is 2. The van der Waals surface area contributed by atoms with E-state index >= 15 is 0 Å². The Kier molecular flexibility index (Phi) is 7.03. The van der Waals surface area contributed by atoms with Crippen molar-refractivity contribution in [2.45, 2.75) is 26.9 Å². The van der Waals surface area contributed by atoms with Gasteiger partial charge >= 0.3 is 0 Å². The van der Waals surface area contributed by atoms with Gasteiger partial charge in [0, 0.05) is 67.8 Å². The van der Waals surface area contributed by atoms with Crippen molar-refractivity contribution in [3.8, 4) is 0 Å². The van der Waals surface area contributed by atoms with Crippen molar-refractivity contribution in [2.75, 3.05) is 0 Å². The third-order valence-electron chi connectivity index (χ3n) is 8.54. The molecule has 7 aromatic rings. The number of aromatic nitrogens is 2. The molecular formula is C40H32N2O2. The summed E-state index contributed by atoms with van der Waals surface area (Å²) in [6.07, 6.45) is 6.92. The van der Waals surface area contributed by atoms with Crippen LogP contribution in [0.1, 0.15) is 45.7 Å². The van der Waals surface area contributed by atoms with Gasteiger partial charge in [-0.05, 0) is 85.7 Å². The van der Waals surface area contributed by atoms with Gasteiger partial charge in [-0.15, -0.1) is 0 Å². The van der Waals surface area contributed by atoms with Crippen LogP contribution < -0.4 is 0 Å². The number of rotatable bonds is 8. The molecule has 214 valence electrons. The summed E-state index contributed by atoms with van der Waals surface area (Å²) in [5, 5.41) is 4.52. The first-order valence-corrected chi connectivity index (χ1v) is 15.1. The summed E-state index contributed by atoms with van der Waals surface area (Å²) >= 11 is 0. The lowest BCUT2D eigenvalue weighted by Crippen LogP contribution is -1.96. The average Bonchev–Trinajstić information content (AvgIpc) is 3.57. The van der Waals surface area contributed by atoms with E-state index in [1.807, 2.05) is 84.9 Å². The molecule has 0 radical (unpaired) electrons. The largest absolute Gasteiger partial charge is 0.341 e. The number of hydrogen-bond donors (Lipinski definition) is 0. The van der Waals surface area contributed by atoms with Crippen LogP contribution in [0.3, 0.4) is 0 Å². The molecular weight excluding hydrogens is 540 g/mol. The zero-order valence-electron chi connectivity index (χ0n) is 24.8. The molecule has 44 heavy (non-hydrogen) atoms. The van der Waals surface area contributed by atoms with Gasteiger partial charge in [0.15, 0.2) is 11.6 Å². The molecule has 0 fully saturated rings. The van der Waals surface area contributed by atoms with Crippen LogP contribution in [0.5, 0.6) is 0 Å². The molecule has 0 bridgehead atoms. The van der Waals surface area contributed by atoms with Crippen molar-refractivity contribution < 1.29 is 9.59 Å². The first kappa shape index (κ1) is 27.4. The highest BCUT2D eigenvalue weighted by Crippen LogP contribution is 2.31.